The van der Waals surface area contributed by atoms with Crippen LogP contribution >= 0.6 is 11.3 Å². The number of hydrogen-bond acceptors (Lipinski definition) is 6. The Morgan fingerprint density at radius 3 is 2.41 bits per heavy atom. The number of aryl methyl sites for hydroxylation is 1. The van der Waals surface area contributed by atoms with Gasteiger partial charge in [0.15, 0.2) is 0 Å². The minimum Gasteiger partial charge on any atom is -0.398 e. The Morgan fingerprint density at radius 1 is 0.949 bits per heavy atom. The van der Waals surface area contributed by atoms with Crippen molar-refractivity contribution in [3.8, 4) is 21.6 Å². The number of allylic oxidation sites excluding steroid dienone is 2. The molecule has 0 radical (unpaired) electrons. The number of anilines is 3. The molecule has 0 aliphatic heterocycles. The largest absolute Gasteiger partial charge is 0.398 e. The normalized spacial score (nSPS) is 11.2. The van der Waals surface area contributed by atoms with Gasteiger partial charge in [0.2, 0.25) is 0 Å². The summed E-state index contributed by atoms with van der Waals surface area (Å²) >= 11 is 1.77. The van der Waals surface area contributed by atoms with E-state index in [2.05, 4.69) is 93.2 Å². The van der Waals surface area contributed by atoms with Crippen molar-refractivity contribution in [1.29, 1.82) is 0 Å². The Morgan fingerprint density at radius 2 is 1.72 bits per heavy atom. The van der Waals surface area contributed by atoms with Gasteiger partial charge in [-0.2, -0.15) is 0 Å². The van der Waals surface area contributed by atoms with Gasteiger partial charge in [-0.1, -0.05) is 46.6 Å². The van der Waals surface area contributed by atoms with Crippen LogP contribution < -0.4 is 16.4 Å². The van der Waals surface area contributed by atoms with E-state index in [1.807, 2.05) is 36.7 Å². The third-order valence-electron chi connectivity index (χ3n) is 6.36. The van der Waals surface area contributed by atoms with Gasteiger partial charge >= 0.3 is 0 Å². The molecule has 200 valence electrons. The number of pyridine rings is 2. The molecular formula is C33H37N5S. The van der Waals surface area contributed by atoms with Gasteiger partial charge in [0.1, 0.15) is 5.82 Å². The van der Waals surface area contributed by atoms with E-state index in [4.69, 9.17) is 5.73 Å². The van der Waals surface area contributed by atoms with Crippen LogP contribution in [0.1, 0.15) is 43.2 Å². The molecule has 0 aliphatic carbocycles. The summed E-state index contributed by atoms with van der Waals surface area (Å²) in [6, 6.07) is 14.3. The number of thiophene rings is 1. The fraction of sp³-hybridized carbons (Fsp3) is 0.212. The Kier molecular flexibility index (Phi) is 8.07. The molecule has 3 heterocycles. The molecular weight excluding hydrogens is 498 g/mol. The van der Waals surface area contributed by atoms with E-state index in [0.29, 0.717) is 17.0 Å². The summed E-state index contributed by atoms with van der Waals surface area (Å²) in [6.07, 6.45) is 6.33. The highest BCUT2D eigenvalue weighted by molar-refractivity contribution is 7.15. The fourth-order valence-electron chi connectivity index (χ4n) is 4.44. The molecule has 0 unspecified atom stereocenters. The monoisotopic (exact) mass is 535 g/mol. The molecule has 0 saturated carbocycles. The summed E-state index contributed by atoms with van der Waals surface area (Å²) in [5.41, 5.74) is 15.3. The molecule has 1 aromatic carbocycles. The number of nitrogens with two attached hydrogens (primary N) is 1. The molecule has 0 aliphatic rings. The average Bonchev–Trinajstić information content (AvgIpc) is 3.30. The van der Waals surface area contributed by atoms with Gasteiger partial charge in [-0.3, -0.25) is 4.98 Å². The Bertz CT molecular complexity index is 1550. The fourth-order valence-corrected chi connectivity index (χ4v) is 5.39. The van der Waals surface area contributed by atoms with Gasteiger partial charge < -0.3 is 16.4 Å². The molecule has 4 N–H and O–H groups in total. The van der Waals surface area contributed by atoms with E-state index >= 15 is 0 Å². The quantitative estimate of drug-likeness (QED) is 0.147. The maximum Gasteiger partial charge on any atom is 0.133 e. The van der Waals surface area contributed by atoms with Crippen molar-refractivity contribution >= 4 is 34.1 Å². The van der Waals surface area contributed by atoms with Crippen LogP contribution in [0.5, 0.6) is 0 Å². The molecule has 5 nitrogen and oxygen atoms in total. The van der Waals surface area contributed by atoms with E-state index < -0.39 is 0 Å². The SMILES string of the molecule is C=C(CC(C)(C)C)Nc1cncc(-c2ccc(N)c(C(=C)C(=C)Nc3nccc(-c4ccc(C)s4)c3C)c2)c1. The summed E-state index contributed by atoms with van der Waals surface area (Å²) in [4.78, 5) is 11.5. The number of nitrogen functional groups attached to an aromatic ring is 1. The zero-order valence-electron chi connectivity index (χ0n) is 23.5. The topological polar surface area (TPSA) is 75.9 Å². The van der Waals surface area contributed by atoms with Crippen LogP contribution in [0, 0.1) is 19.3 Å². The van der Waals surface area contributed by atoms with Gasteiger partial charge in [-0.15, -0.1) is 11.3 Å². The second kappa shape index (κ2) is 11.3. The first-order valence-electron chi connectivity index (χ1n) is 12.9. The molecule has 6 heteroatoms. The van der Waals surface area contributed by atoms with Crippen molar-refractivity contribution in [3.63, 3.8) is 0 Å². The molecule has 39 heavy (non-hydrogen) atoms. The van der Waals surface area contributed by atoms with Crippen LogP contribution in [0.25, 0.3) is 27.1 Å². The molecule has 4 aromatic rings. The maximum atomic E-state index is 6.40. The zero-order chi connectivity index (χ0) is 28.3. The number of rotatable bonds is 9. The summed E-state index contributed by atoms with van der Waals surface area (Å²) in [6.45, 7) is 23.5. The second-order valence-electron chi connectivity index (χ2n) is 11.1. The van der Waals surface area contributed by atoms with Crippen LogP contribution in [-0.4, -0.2) is 9.97 Å². The molecule has 3 aromatic heterocycles. The summed E-state index contributed by atoms with van der Waals surface area (Å²) in [7, 11) is 0. The predicted octanol–water partition coefficient (Wildman–Crippen LogP) is 9.07. The lowest BCUT2D eigenvalue weighted by molar-refractivity contribution is 0.411. The van der Waals surface area contributed by atoms with Gasteiger partial charge in [-0.05, 0) is 78.8 Å². The summed E-state index contributed by atoms with van der Waals surface area (Å²) in [5.74, 6) is 0.748. The first-order valence-corrected chi connectivity index (χ1v) is 13.7. The highest BCUT2D eigenvalue weighted by atomic mass is 32.1. The smallest absolute Gasteiger partial charge is 0.133 e. The van der Waals surface area contributed by atoms with Crippen molar-refractivity contribution in [2.45, 2.75) is 41.0 Å². The number of hydrogen-bond donors (Lipinski definition) is 3. The lowest BCUT2D eigenvalue weighted by Gasteiger charge is -2.21. The van der Waals surface area contributed by atoms with Crippen molar-refractivity contribution < 1.29 is 0 Å². The first-order chi connectivity index (χ1) is 18.4. The zero-order valence-corrected chi connectivity index (χ0v) is 24.3. The lowest BCUT2D eigenvalue weighted by Crippen LogP contribution is -2.10. The Labute approximate surface area is 236 Å². The lowest BCUT2D eigenvalue weighted by atomic mass is 9.91. The van der Waals surface area contributed by atoms with Crippen molar-refractivity contribution in [2.24, 2.45) is 5.41 Å². The van der Waals surface area contributed by atoms with Gasteiger partial charge in [0.25, 0.3) is 0 Å². The average molecular weight is 536 g/mol. The van der Waals surface area contributed by atoms with E-state index in [9.17, 15) is 0 Å². The number of nitrogens with one attached hydrogen (secondary N) is 2. The third kappa shape index (κ3) is 6.84. The van der Waals surface area contributed by atoms with Crippen LogP contribution in [-0.2, 0) is 0 Å². The van der Waals surface area contributed by atoms with Crippen molar-refractivity contribution in [3.05, 3.63) is 108 Å². The Hall–Kier alpha value is -4.16. The molecule has 0 spiro atoms. The maximum absolute atomic E-state index is 6.40. The second-order valence-corrected chi connectivity index (χ2v) is 12.3. The number of nitrogens with zero attached hydrogens (tertiary/aromatic N) is 2. The van der Waals surface area contributed by atoms with Crippen molar-refractivity contribution in [1.82, 2.24) is 9.97 Å². The van der Waals surface area contributed by atoms with E-state index in [1.165, 1.54) is 9.75 Å². The van der Waals surface area contributed by atoms with Gasteiger partial charge in [0, 0.05) is 55.9 Å². The van der Waals surface area contributed by atoms with Gasteiger partial charge in [0.05, 0.1) is 11.9 Å². The van der Waals surface area contributed by atoms with E-state index in [-0.39, 0.29) is 5.41 Å². The van der Waals surface area contributed by atoms with Crippen LogP contribution in [0.4, 0.5) is 17.2 Å². The van der Waals surface area contributed by atoms with Gasteiger partial charge in [-0.25, -0.2) is 4.98 Å². The Balaban J connectivity index is 1.55. The minimum absolute atomic E-state index is 0.149. The number of benzene rings is 1. The van der Waals surface area contributed by atoms with Crippen LogP contribution in [0.2, 0.25) is 0 Å². The van der Waals surface area contributed by atoms with Crippen LogP contribution in [0.3, 0.4) is 0 Å². The molecule has 4 rings (SSSR count). The minimum atomic E-state index is 0.149. The van der Waals surface area contributed by atoms with Crippen LogP contribution in [0.15, 0.2) is 92.2 Å². The molecule has 0 fully saturated rings. The molecule has 0 saturated heterocycles. The van der Waals surface area contributed by atoms with Crippen molar-refractivity contribution in [2.75, 3.05) is 16.4 Å². The molecule has 0 atom stereocenters. The summed E-state index contributed by atoms with van der Waals surface area (Å²) in [5, 5.41) is 6.77. The summed E-state index contributed by atoms with van der Waals surface area (Å²) < 4.78 is 0. The first kappa shape index (κ1) is 27.9. The molecule has 0 amide bonds. The number of aromatic nitrogens is 2. The highest BCUT2D eigenvalue weighted by Gasteiger charge is 2.15. The van der Waals surface area contributed by atoms with E-state index in [1.54, 1.807) is 17.5 Å². The molecule has 0 bridgehead atoms. The third-order valence-corrected chi connectivity index (χ3v) is 7.39. The standard InChI is InChI=1S/C33H37N5S/c1-20(17-33(6,7)8)37-27-15-26(18-35-19-27)25-10-11-30(34)29(16-25)22(3)24(5)38-32-23(4)28(13-14-36-32)31-12-9-21(2)39-31/h9-16,18-19,37H,1,3,5,17,34H2,2,4,6-8H3,(H,36,38). The van der Waals surface area contributed by atoms with E-state index in [0.717, 1.165) is 51.4 Å². The highest BCUT2D eigenvalue weighted by Crippen LogP contribution is 2.35. The predicted molar refractivity (Wildman–Crippen MR) is 170 cm³/mol.